The maximum absolute atomic E-state index is 13.0. The molecule has 0 fully saturated rings. The van der Waals surface area contributed by atoms with Gasteiger partial charge >= 0.3 is 0 Å². The number of nitrogens with one attached hydrogen (secondary N) is 2. The first-order valence-electron chi connectivity index (χ1n) is 9.92. The van der Waals surface area contributed by atoms with Crippen LogP contribution < -0.4 is 16.4 Å². The second-order valence-corrected chi connectivity index (χ2v) is 7.92. The second kappa shape index (κ2) is 9.79. The lowest BCUT2D eigenvalue weighted by molar-refractivity contribution is -0.124. The van der Waals surface area contributed by atoms with Gasteiger partial charge in [0.1, 0.15) is 6.04 Å². The molecule has 4 N–H and O–H groups in total. The molecule has 0 saturated carbocycles. The van der Waals surface area contributed by atoms with Crippen molar-refractivity contribution in [2.45, 2.75) is 52.1 Å². The highest BCUT2D eigenvalue weighted by molar-refractivity contribution is 5.98. The van der Waals surface area contributed by atoms with Gasteiger partial charge in [0, 0.05) is 11.3 Å². The van der Waals surface area contributed by atoms with Crippen LogP contribution in [-0.4, -0.2) is 17.9 Å². The summed E-state index contributed by atoms with van der Waals surface area (Å²) in [6, 6.07) is 12.6. The second-order valence-electron chi connectivity index (χ2n) is 7.92. The van der Waals surface area contributed by atoms with Crippen molar-refractivity contribution in [3.63, 3.8) is 0 Å². The number of halogens is 1. The fraction of sp³-hybridized carbons (Fsp3) is 0.391. The molecular formula is C23H30ClN3O2. The van der Waals surface area contributed by atoms with E-state index in [9.17, 15) is 9.59 Å². The summed E-state index contributed by atoms with van der Waals surface area (Å²) < 4.78 is 0. The summed E-state index contributed by atoms with van der Waals surface area (Å²) in [6.07, 6.45) is 2.87. The van der Waals surface area contributed by atoms with Gasteiger partial charge in [-0.25, -0.2) is 0 Å². The molecule has 2 aromatic carbocycles. The Kier molecular flexibility index (Phi) is 7.68. The van der Waals surface area contributed by atoms with E-state index in [1.165, 1.54) is 5.56 Å². The van der Waals surface area contributed by atoms with E-state index in [0.717, 1.165) is 36.1 Å². The number of amides is 2. The van der Waals surface area contributed by atoms with Crippen molar-refractivity contribution in [1.29, 1.82) is 0 Å². The summed E-state index contributed by atoms with van der Waals surface area (Å²) in [5.41, 5.74) is 10.5. The summed E-state index contributed by atoms with van der Waals surface area (Å²) in [6.45, 7) is 5.78. The number of fused-ring (bicyclic) bond motifs is 1. The minimum absolute atomic E-state index is 0. The largest absolute Gasteiger partial charge is 0.399 e. The molecule has 3 rings (SSSR count). The van der Waals surface area contributed by atoms with Crippen molar-refractivity contribution >= 4 is 29.9 Å². The van der Waals surface area contributed by atoms with Crippen molar-refractivity contribution in [2.24, 2.45) is 5.92 Å². The van der Waals surface area contributed by atoms with Crippen LogP contribution in [0, 0.1) is 12.8 Å². The predicted octanol–water partition coefficient (Wildman–Crippen LogP) is 3.95. The highest BCUT2D eigenvalue weighted by Gasteiger charge is 2.29. The number of carbonyl (C=O) groups is 2. The Morgan fingerprint density at radius 1 is 1.14 bits per heavy atom. The molecule has 0 spiro atoms. The molecule has 1 aliphatic rings. The molecular weight excluding hydrogens is 386 g/mol. The summed E-state index contributed by atoms with van der Waals surface area (Å²) in [5, 5.41) is 6.08. The third-order valence-electron chi connectivity index (χ3n) is 5.42. The van der Waals surface area contributed by atoms with Gasteiger partial charge in [-0.3, -0.25) is 9.59 Å². The number of nitrogen functional groups attached to an aromatic ring is 1. The van der Waals surface area contributed by atoms with Gasteiger partial charge in [0.15, 0.2) is 0 Å². The number of anilines is 1. The van der Waals surface area contributed by atoms with Gasteiger partial charge in [0.05, 0.1) is 6.04 Å². The minimum Gasteiger partial charge on any atom is -0.399 e. The van der Waals surface area contributed by atoms with Gasteiger partial charge in [-0.2, -0.15) is 0 Å². The van der Waals surface area contributed by atoms with E-state index < -0.39 is 6.04 Å². The van der Waals surface area contributed by atoms with E-state index in [1.54, 1.807) is 6.07 Å². The molecule has 0 aliphatic heterocycles. The van der Waals surface area contributed by atoms with E-state index in [-0.39, 0.29) is 36.2 Å². The number of aryl methyl sites for hydroxylation is 2. The number of nitrogens with two attached hydrogens (primary N) is 1. The summed E-state index contributed by atoms with van der Waals surface area (Å²) in [5.74, 6) is -0.391. The standard InChI is InChI=1S/C23H29N3O2.ClH/c1-14(2)21(26-22(27)18-9-5-4-7-15(18)3)23(28)25-20-10-6-8-16-13-17(24)11-12-19(16)20;/h4-5,7,9,11-14,20-21H,6,8,10,24H2,1-3H3,(H,25,28)(H,26,27);1H. The van der Waals surface area contributed by atoms with Crippen molar-refractivity contribution in [1.82, 2.24) is 10.6 Å². The van der Waals surface area contributed by atoms with Crippen LogP contribution in [0.15, 0.2) is 42.5 Å². The fourth-order valence-corrected chi connectivity index (χ4v) is 3.83. The van der Waals surface area contributed by atoms with Gasteiger partial charge in [0.25, 0.3) is 5.91 Å². The van der Waals surface area contributed by atoms with Crippen LogP contribution in [0.1, 0.15) is 59.8 Å². The Morgan fingerprint density at radius 2 is 1.86 bits per heavy atom. The van der Waals surface area contributed by atoms with E-state index in [1.807, 2.05) is 57.2 Å². The number of rotatable bonds is 5. The maximum Gasteiger partial charge on any atom is 0.252 e. The van der Waals surface area contributed by atoms with Crippen LogP contribution >= 0.6 is 12.4 Å². The smallest absolute Gasteiger partial charge is 0.252 e. The maximum atomic E-state index is 13.0. The molecule has 6 heteroatoms. The van der Waals surface area contributed by atoms with Crippen LogP contribution in [0.5, 0.6) is 0 Å². The third kappa shape index (κ3) is 5.30. The lowest BCUT2D eigenvalue weighted by Crippen LogP contribution is -2.50. The van der Waals surface area contributed by atoms with Crippen LogP contribution in [0.3, 0.4) is 0 Å². The SMILES string of the molecule is Cc1ccccc1C(=O)NC(C(=O)NC1CCCc2cc(N)ccc21)C(C)C.Cl. The monoisotopic (exact) mass is 415 g/mol. The summed E-state index contributed by atoms with van der Waals surface area (Å²) >= 11 is 0. The van der Waals surface area contributed by atoms with Crippen molar-refractivity contribution in [2.75, 3.05) is 5.73 Å². The van der Waals surface area contributed by atoms with Crippen molar-refractivity contribution < 1.29 is 9.59 Å². The highest BCUT2D eigenvalue weighted by Crippen LogP contribution is 2.31. The number of carbonyl (C=O) groups excluding carboxylic acids is 2. The van der Waals surface area contributed by atoms with E-state index >= 15 is 0 Å². The normalized spacial score (nSPS) is 16.3. The quantitative estimate of drug-likeness (QED) is 0.646. The first-order valence-corrected chi connectivity index (χ1v) is 9.92. The van der Waals surface area contributed by atoms with Gasteiger partial charge in [-0.1, -0.05) is 38.1 Å². The molecule has 0 aromatic heterocycles. The van der Waals surface area contributed by atoms with E-state index in [2.05, 4.69) is 10.6 Å². The molecule has 0 bridgehead atoms. The first kappa shape index (κ1) is 22.8. The molecule has 5 nitrogen and oxygen atoms in total. The Hall–Kier alpha value is -2.53. The molecule has 2 aromatic rings. The average molecular weight is 416 g/mol. The first-order chi connectivity index (χ1) is 13.4. The van der Waals surface area contributed by atoms with Gasteiger partial charge in [0.2, 0.25) is 5.91 Å². The number of hydrogen-bond donors (Lipinski definition) is 3. The van der Waals surface area contributed by atoms with Gasteiger partial charge in [-0.15, -0.1) is 12.4 Å². The molecule has 0 heterocycles. The molecule has 1 aliphatic carbocycles. The zero-order valence-electron chi connectivity index (χ0n) is 17.2. The Balaban J connectivity index is 0.00000300. The lowest BCUT2D eigenvalue weighted by Gasteiger charge is -2.30. The molecule has 2 atom stereocenters. The number of hydrogen-bond acceptors (Lipinski definition) is 3. The highest BCUT2D eigenvalue weighted by atomic mass is 35.5. The Morgan fingerprint density at radius 3 is 2.55 bits per heavy atom. The summed E-state index contributed by atoms with van der Waals surface area (Å²) in [7, 11) is 0. The minimum atomic E-state index is -0.591. The predicted molar refractivity (Wildman–Crippen MR) is 119 cm³/mol. The van der Waals surface area contributed by atoms with Crippen LogP contribution in [0.25, 0.3) is 0 Å². The third-order valence-corrected chi connectivity index (χ3v) is 5.42. The fourth-order valence-electron chi connectivity index (χ4n) is 3.83. The van der Waals surface area contributed by atoms with Crippen LogP contribution in [-0.2, 0) is 11.2 Å². The Bertz CT molecular complexity index is 882. The van der Waals surface area contributed by atoms with Crippen LogP contribution in [0.4, 0.5) is 5.69 Å². The average Bonchev–Trinajstić information content (AvgIpc) is 2.65. The van der Waals surface area contributed by atoms with Crippen molar-refractivity contribution in [3.05, 3.63) is 64.7 Å². The summed E-state index contributed by atoms with van der Waals surface area (Å²) in [4.78, 5) is 25.7. The van der Waals surface area contributed by atoms with Crippen LogP contribution in [0.2, 0.25) is 0 Å². The molecule has 29 heavy (non-hydrogen) atoms. The molecule has 2 amide bonds. The Labute approximate surface area is 178 Å². The zero-order valence-corrected chi connectivity index (χ0v) is 18.0. The molecule has 2 unspecified atom stereocenters. The lowest BCUT2D eigenvalue weighted by atomic mass is 9.87. The van der Waals surface area contributed by atoms with Gasteiger partial charge < -0.3 is 16.4 Å². The zero-order chi connectivity index (χ0) is 20.3. The van der Waals surface area contributed by atoms with Crippen molar-refractivity contribution in [3.8, 4) is 0 Å². The van der Waals surface area contributed by atoms with E-state index in [4.69, 9.17) is 5.73 Å². The van der Waals surface area contributed by atoms with Gasteiger partial charge in [-0.05, 0) is 67.0 Å². The van der Waals surface area contributed by atoms with E-state index in [0.29, 0.717) is 5.56 Å². The number of benzene rings is 2. The molecule has 156 valence electrons. The molecule has 0 saturated heterocycles. The molecule has 0 radical (unpaired) electrons. The topological polar surface area (TPSA) is 84.2 Å².